The quantitative estimate of drug-likeness (QED) is 0.533. The van der Waals surface area contributed by atoms with Gasteiger partial charge in [0.05, 0.1) is 7.05 Å². The molecule has 4 nitrogen and oxygen atoms in total. The average molecular weight is 403 g/mol. The number of benzene rings is 2. The van der Waals surface area contributed by atoms with Gasteiger partial charge in [-0.3, -0.25) is 0 Å². The Kier molecular flexibility index (Phi) is 4.88. The second-order valence-corrected chi connectivity index (χ2v) is 7.07. The van der Waals surface area contributed by atoms with Gasteiger partial charge in [0.15, 0.2) is 11.6 Å². The smallest absolute Gasteiger partial charge is 0.245 e. The van der Waals surface area contributed by atoms with E-state index in [1.807, 2.05) is 13.0 Å². The highest BCUT2D eigenvalue weighted by Gasteiger charge is 2.49. The Morgan fingerprint density at radius 2 is 1.63 bits per heavy atom. The molecule has 0 N–H and O–H groups in total. The number of rotatable bonds is 1. The van der Waals surface area contributed by atoms with Gasteiger partial charge < -0.3 is 0 Å². The minimum atomic E-state index is -1.03. The number of fused-ring (bicyclic) bond motifs is 1. The summed E-state index contributed by atoms with van der Waals surface area (Å²) in [5.74, 6) is 1.98. The molecule has 2 aliphatic rings. The molecule has 1 unspecified atom stereocenters. The maximum absolute atomic E-state index is 14.9. The maximum Gasteiger partial charge on any atom is 0.506 e. The van der Waals surface area contributed by atoms with Crippen molar-refractivity contribution in [1.82, 2.24) is 0 Å². The molecule has 1 heterocycles. The SMILES string of the molecule is CC1=CC2=[N+](C)C(=O)N(c3c(F)cc(C#Cc4ccccc4)cc3F)C(=O)C2C=C1. The molecule has 0 saturated heterocycles. The highest BCUT2D eigenvalue weighted by Crippen LogP contribution is 2.31. The van der Waals surface area contributed by atoms with Crippen molar-refractivity contribution in [2.24, 2.45) is 5.92 Å². The molecule has 1 atom stereocenters. The molecule has 0 saturated carbocycles. The summed E-state index contributed by atoms with van der Waals surface area (Å²) in [6, 6.07) is 10.2. The molecule has 0 spiro atoms. The number of hydrogen-bond acceptors (Lipinski definition) is 2. The van der Waals surface area contributed by atoms with Gasteiger partial charge in [0.25, 0.3) is 0 Å². The minimum Gasteiger partial charge on any atom is -0.245 e. The minimum absolute atomic E-state index is 0.103. The lowest BCUT2D eigenvalue weighted by Crippen LogP contribution is -2.54. The van der Waals surface area contributed by atoms with Gasteiger partial charge in [-0.1, -0.05) is 42.2 Å². The van der Waals surface area contributed by atoms with Crippen molar-refractivity contribution in [3.63, 3.8) is 0 Å². The van der Waals surface area contributed by atoms with Crippen molar-refractivity contribution in [3.05, 3.63) is 89.0 Å². The van der Waals surface area contributed by atoms with Crippen LogP contribution >= 0.6 is 0 Å². The van der Waals surface area contributed by atoms with E-state index < -0.39 is 35.2 Å². The van der Waals surface area contributed by atoms with Gasteiger partial charge in [0.1, 0.15) is 11.6 Å². The molecule has 0 fully saturated rings. The van der Waals surface area contributed by atoms with Crippen molar-refractivity contribution >= 4 is 23.3 Å². The summed E-state index contributed by atoms with van der Waals surface area (Å²) in [7, 11) is 1.47. The van der Waals surface area contributed by atoms with E-state index in [4.69, 9.17) is 0 Å². The number of imide groups is 1. The van der Waals surface area contributed by atoms with E-state index in [1.54, 1.807) is 42.5 Å². The number of nitrogens with zero attached hydrogens (tertiary/aromatic N) is 2. The summed E-state index contributed by atoms with van der Waals surface area (Å²) < 4.78 is 31.0. The molecule has 0 aromatic heterocycles. The molecule has 30 heavy (non-hydrogen) atoms. The van der Waals surface area contributed by atoms with Crippen LogP contribution in [0.4, 0.5) is 19.3 Å². The predicted octanol–water partition coefficient (Wildman–Crippen LogP) is 4.05. The fourth-order valence-electron chi connectivity index (χ4n) is 3.45. The Morgan fingerprint density at radius 1 is 1.00 bits per heavy atom. The normalized spacial score (nSPS) is 18.1. The second kappa shape index (κ2) is 7.53. The first kappa shape index (κ1) is 19.5. The van der Waals surface area contributed by atoms with Gasteiger partial charge in [-0.05, 0) is 42.8 Å². The highest BCUT2D eigenvalue weighted by atomic mass is 19.1. The summed E-state index contributed by atoms with van der Waals surface area (Å²) in [6.45, 7) is 1.84. The summed E-state index contributed by atoms with van der Waals surface area (Å²) in [4.78, 5) is 26.3. The van der Waals surface area contributed by atoms with Gasteiger partial charge in [-0.2, -0.15) is 9.37 Å². The van der Waals surface area contributed by atoms with E-state index in [2.05, 4.69) is 11.8 Å². The average Bonchev–Trinajstić information content (AvgIpc) is 2.73. The van der Waals surface area contributed by atoms with Crippen LogP contribution in [0.25, 0.3) is 0 Å². The zero-order chi connectivity index (χ0) is 21.4. The fourth-order valence-corrected chi connectivity index (χ4v) is 3.45. The number of hydrogen-bond donors (Lipinski definition) is 0. The topological polar surface area (TPSA) is 40.4 Å². The zero-order valence-corrected chi connectivity index (χ0v) is 16.3. The van der Waals surface area contributed by atoms with Crippen LogP contribution in [0.5, 0.6) is 0 Å². The van der Waals surface area contributed by atoms with Gasteiger partial charge in [-0.15, -0.1) is 4.90 Å². The largest absolute Gasteiger partial charge is 0.506 e. The number of urea groups is 1. The van der Waals surface area contributed by atoms with Crippen LogP contribution in [-0.2, 0) is 4.79 Å². The summed E-state index contributed by atoms with van der Waals surface area (Å²) in [5, 5.41) is 0. The van der Waals surface area contributed by atoms with E-state index in [-0.39, 0.29) is 5.56 Å². The number of halogens is 2. The van der Waals surface area contributed by atoms with E-state index >= 15 is 0 Å². The van der Waals surface area contributed by atoms with E-state index in [9.17, 15) is 18.4 Å². The first-order valence-electron chi connectivity index (χ1n) is 9.28. The van der Waals surface area contributed by atoms with Crippen LogP contribution in [-0.4, -0.2) is 29.3 Å². The van der Waals surface area contributed by atoms with Crippen molar-refractivity contribution in [1.29, 1.82) is 0 Å². The molecule has 1 aliphatic carbocycles. The van der Waals surface area contributed by atoms with Crippen molar-refractivity contribution in [2.75, 3.05) is 11.9 Å². The molecule has 0 bridgehead atoms. The molecular weight excluding hydrogens is 386 g/mol. The molecule has 4 rings (SSSR count). The van der Waals surface area contributed by atoms with Gasteiger partial charge in [0.2, 0.25) is 5.69 Å². The lowest BCUT2D eigenvalue weighted by molar-refractivity contribution is -0.393. The highest BCUT2D eigenvalue weighted by molar-refractivity contribution is 6.26. The van der Waals surface area contributed by atoms with Crippen LogP contribution in [0.1, 0.15) is 18.1 Å². The Labute approximate surface area is 172 Å². The first-order valence-corrected chi connectivity index (χ1v) is 9.28. The van der Waals surface area contributed by atoms with Crippen molar-refractivity contribution in [2.45, 2.75) is 6.92 Å². The third-order valence-electron chi connectivity index (χ3n) is 4.96. The third-order valence-corrected chi connectivity index (χ3v) is 4.96. The van der Waals surface area contributed by atoms with Gasteiger partial charge in [0, 0.05) is 11.1 Å². The number of amides is 3. The Balaban J connectivity index is 1.75. The fraction of sp³-hybridized carbons (Fsp3) is 0.125. The van der Waals surface area contributed by atoms with E-state index in [0.717, 1.165) is 17.7 Å². The molecule has 6 heteroatoms. The zero-order valence-electron chi connectivity index (χ0n) is 16.3. The lowest BCUT2D eigenvalue weighted by Gasteiger charge is -2.26. The van der Waals surface area contributed by atoms with Crippen molar-refractivity contribution in [3.8, 4) is 11.8 Å². The standard InChI is InChI=1S/C24H17F2N2O2/c1-15-8-11-18-21(12-15)27(2)24(30)28(23(18)29)22-19(25)13-17(14-20(22)26)10-9-16-6-4-3-5-7-16/h3-8,11-14,18H,1-2H3/q+1. The van der Waals surface area contributed by atoms with Gasteiger partial charge in [-0.25, -0.2) is 13.6 Å². The molecule has 148 valence electrons. The van der Waals surface area contributed by atoms with Gasteiger partial charge >= 0.3 is 11.9 Å². The summed E-state index contributed by atoms with van der Waals surface area (Å²) >= 11 is 0. The number of anilines is 1. The molecule has 0 radical (unpaired) electrons. The summed E-state index contributed by atoms with van der Waals surface area (Å²) in [6.07, 6.45) is 5.08. The van der Waals surface area contributed by atoms with Crippen LogP contribution < -0.4 is 4.90 Å². The molecular formula is C24H17F2N2O2+. The van der Waals surface area contributed by atoms with Crippen LogP contribution in [0.15, 0.2) is 66.3 Å². The maximum atomic E-state index is 14.9. The van der Waals surface area contributed by atoms with E-state index in [1.165, 1.54) is 11.6 Å². The number of carbonyl (C=O) groups is 2. The Hall–Kier alpha value is -3.85. The predicted molar refractivity (Wildman–Crippen MR) is 109 cm³/mol. The van der Waals surface area contributed by atoms with Crippen LogP contribution in [0.3, 0.4) is 0 Å². The Morgan fingerprint density at radius 3 is 2.30 bits per heavy atom. The molecule has 3 amide bonds. The third kappa shape index (κ3) is 3.35. The monoisotopic (exact) mass is 403 g/mol. The van der Waals surface area contributed by atoms with E-state index in [0.29, 0.717) is 16.2 Å². The summed E-state index contributed by atoms with van der Waals surface area (Å²) in [5.41, 5.74) is 1.46. The number of carbonyl (C=O) groups excluding carboxylic acids is 2. The first-order chi connectivity index (χ1) is 14.4. The second-order valence-electron chi connectivity index (χ2n) is 7.07. The van der Waals surface area contributed by atoms with Crippen molar-refractivity contribution < 1.29 is 22.9 Å². The lowest BCUT2D eigenvalue weighted by atomic mass is 9.91. The van der Waals surface area contributed by atoms with Crippen LogP contribution in [0.2, 0.25) is 0 Å². The Bertz CT molecular complexity index is 1210. The molecule has 1 aliphatic heterocycles. The number of allylic oxidation sites excluding steroid dienone is 3. The van der Waals surface area contributed by atoms with Crippen LogP contribution in [0, 0.1) is 29.4 Å². The molecule has 2 aromatic rings. The molecule has 2 aromatic carbocycles.